The van der Waals surface area contributed by atoms with Crippen molar-refractivity contribution in [3.05, 3.63) is 11.8 Å². The summed E-state index contributed by atoms with van der Waals surface area (Å²) in [6.07, 6.45) is 3.40. The van der Waals surface area contributed by atoms with Crippen molar-refractivity contribution in [3.63, 3.8) is 0 Å². The molecule has 0 saturated carbocycles. The van der Waals surface area contributed by atoms with Crippen LogP contribution in [-0.2, 0) is 11.8 Å². The van der Waals surface area contributed by atoms with Crippen LogP contribution in [0.15, 0.2) is 6.20 Å². The van der Waals surface area contributed by atoms with E-state index in [2.05, 4.69) is 10.4 Å². The van der Waals surface area contributed by atoms with E-state index in [1.165, 1.54) is 10.9 Å². The van der Waals surface area contributed by atoms with Gasteiger partial charge in [-0.3, -0.25) is 9.48 Å². The molecule has 1 amide bonds. The summed E-state index contributed by atoms with van der Waals surface area (Å²) in [4.78, 5) is 12.2. The van der Waals surface area contributed by atoms with Crippen LogP contribution >= 0.6 is 11.8 Å². The number of hydrogen-bond donors (Lipinski definition) is 1. The van der Waals surface area contributed by atoms with Crippen molar-refractivity contribution >= 4 is 23.5 Å². The second kappa shape index (κ2) is 4.41. The quantitative estimate of drug-likeness (QED) is 0.863. The van der Waals surface area contributed by atoms with Gasteiger partial charge in [-0.2, -0.15) is 10.4 Å². The molecule has 1 aliphatic heterocycles. The zero-order valence-corrected chi connectivity index (χ0v) is 10.7. The Labute approximate surface area is 104 Å². The SMILES string of the molecule is Cn1ncc(C#N)c1NC(=O)C1(C)CCCS1. The van der Waals surface area contributed by atoms with Crippen LogP contribution in [0.5, 0.6) is 0 Å². The largest absolute Gasteiger partial charge is 0.309 e. The molecular weight excluding hydrogens is 236 g/mol. The van der Waals surface area contributed by atoms with Crippen molar-refractivity contribution in [1.29, 1.82) is 5.26 Å². The standard InChI is InChI=1S/C11H14N4OS/c1-11(4-3-5-17-11)10(16)14-9-8(6-12)7-13-15(9)2/h7H,3-5H2,1-2H3,(H,14,16). The van der Waals surface area contributed by atoms with Gasteiger partial charge in [-0.25, -0.2) is 0 Å². The van der Waals surface area contributed by atoms with Gasteiger partial charge in [-0.05, 0) is 25.5 Å². The normalized spacial score (nSPS) is 23.4. The van der Waals surface area contributed by atoms with Crippen LogP contribution in [-0.4, -0.2) is 26.2 Å². The lowest BCUT2D eigenvalue weighted by Crippen LogP contribution is -2.35. The van der Waals surface area contributed by atoms with E-state index in [1.54, 1.807) is 18.8 Å². The number of carbonyl (C=O) groups is 1. The first kappa shape index (κ1) is 12.0. The first-order valence-corrected chi connectivity index (χ1v) is 6.43. The molecule has 0 spiro atoms. The van der Waals surface area contributed by atoms with E-state index in [1.807, 2.05) is 13.0 Å². The fraction of sp³-hybridized carbons (Fsp3) is 0.545. The van der Waals surface area contributed by atoms with Crippen molar-refractivity contribution in [1.82, 2.24) is 9.78 Å². The molecule has 1 atom stereocenters. The number of hydrogen-bond acceptors (Lipinski definition) is 4. The highest BCUT2D eigenvalue weighted by Gasteiger charge is 2.37. The van der Waals surface area contributed by atoms with Gasteiger partial charge in [0.2, 0.25) is 5.91 Å². The number of anilines is 1. The average Bonchev–Trinajstić information content (AvgIpc) is 2.88. The van der Waals surface area contributed by atoms with Crippen molar-refractivity contribution in [2.24, 2.45) is 7.05 Å². The lowest BCUT2D eigenvalue weighted by molar-refractivity contribution is -0.118. The Morgan fingerprint density at radius 2 is 2.53 bits per heavy atom. The summed E-state index contributed by atoms with van der Waals surface area (Å²) in [5.41, 5.74) is 0.396. The highest BCUT2D eigenvalue weighted by Crippen LogP contribution is 2.38. The van der Waals surface area contributed by atoms with Gasteiger partial charge < -0.3 is 5.32 Å². The molecule has 1 aliphatic rings. The van der Waals surface area contributed by atoms with E-state index in [-0.39, 0.29) is 10.7 Å². The number of rotatable bonds is 2. The summed E-state index contributed by atoms with van der Waals surface area (Å²) in [6, 6.07) is 2.02. The van der Waals surface area contributed by atoms with Crippen LogP contribution in [0, 0.1) is 11.3 Å². The van der Waals surface area contributed by atoms with Gasteiger partial charge in [-0.15, -0.1) is 11.8 Å². The highest BCUT2D eigenvalue weighted by molar-refractivity contribution is 8.01. The van der Waals surface area contributed by atoms with Crippen LogP contribution < -0.4 is 5.32 Å². The minimum atomic E-state index is -0.378. The molecule has 5 nitrogen and oxygen atoms in total. The van der Waals surface area contributed by atoms with Gasteiger partial charge in [-0.1, -0.05) is 0 Å². The van der Waals surface area contributed by atoms with Gasteiger partial charge in [0.1, 0.15) is 17.5 Å². The maximum atomic E-state index is 12.2. The first-order chi connectivity index (χ1) is 8.07. The maximum absolute atomic E-state index is 12.2. The smallest absolute Gasteiger partial charge is 0.241 e. The van der Waals surface area contributed by atoms with Crippen LogP contribution in [0.2, 0.25) is 0 Å². The van der Waals surface area contributed by atoms with Gasteiger partial charge in [0.05, 0.1) is 10.9 Å². The molecular formula is C11H14N4OS. The van der Waals surface area contributed by atoms with Crippen molar-refractivity contribution < 1.29 is 4.79 Å². The highest BCUT2D eigenvalue weighted by atomic mass is 32.2. The molecule has 1 aromatic heterocycles. The third-order valence-corrected chi connectivity index (χ3v) is 4.51. The molecule has 0 bridgehead atoms. The fourth-order valence-corrected chi connectivity index (χ4v) is 3.08. The average molecular weight is 250 g/mol. The van der Waals surface area contributed by atoms with E-state index in [0.29, 0.717) is 11.4 Å². The van der Waals surface area contributed by atoms with Crippen molar-refractivity contribution in [2.45, 2.75) is 24.5 Å². The first-order valence-electron chi connectivity index (χ1n) is 5.44. The maximum Gasteiger partial charge on any atom is 0.241 e. The second-order valence-electron chi connectivity index (χ2n) is 4.28. The van der Waals surface area contributed by atoms with E-state index in [4.69, 9.17) is 5.26 Å². The fourth-order valence-electron chi connectivity index (χ4n) is 1.87. The van der Waals surface area contributed by atoms with Crippen molar-refractivity contribution in [3.8, 4) is 6.07 Å². The van der Waals surface area contributed by atoms with E-state index in [9.17, 15) is 4.79 Å². The molecule has 6 heteroatoms. The van der Waals surface area contributed by atoms with Crippen LogP contribution in [0.25, 0.3) is 0 Å². The summed E-state index contributed by atoms with van der Waals surface area (Å²) < 4.78 is 1.14. The van der Waals surface area contributed by atoms with Gasteiger partial charge >= 0.3 is 0 Å². The Bertz CT molecular complexity index is 482. The van der Waals surface area contributed by atoms with E-state index < -0.39 is 0 Å². The number of nitriles is 1. The zero-order valence-electron chi connectivity index (χ0n) is 9.86. The number of aryl methyl sites for hydroxylation is 1. The van der Waals surface area contributed by atoms with Gasteiger partial charge in [0.15, 0.2) is 0 Å². The van der Waals surface area contributed by atoms with E-state index in [0.717, 1.165) is 18.6 Å². The molecule has 1 unspecified atom stereocenters. The predicted octanol–water partition coefficient (Wildman–Crippen LogP) is 1.52. The minimum Gasteiger partial charge on any atom is -0.309 e. The van der Waals surface area contributed by atoms with Crippen LogP contribution in [0.4, 0.5) is 5.82 Å². The molecule has 2 rings (SSSR count). The summed E-state index contributed by atoms with van der Waals surface area (Å²) in [5.74, 6) is 1.45. The molecule has 0 radical (unpaired) electrons. The van der Waals surface area contributed by atoms with Crippen LogP contribution in [0.3, 0.4) is 0 Å². The lowest BCUT2D eigenvalue weighted by atomic mass is 10.0. The predicted molar refractivity (Wildman–Crippen MR) is 66.6 cm³/mol. The number of amides is 1. The summed E-state index contributed by atoms with van der Waals surface area (Å²) in [6.45, 7) is 1.95. The third kappa shape index (κ3) is 2.15. The lowest BCUT2D eigenvalue weighted by Gasteiger charge is -2.21. The Morgan fingerprint density at radius 3 is 3.12 bits per heavy atom. The number of thioether (sulfide) groups is 1. The monoisotopic (exact) mass is 250 g/mol. The number of carbonyl (C=O) groups excluding carboxylic acids is 1. The molecule has 1 saturated heterocycles. The number of nitrogens with one attached hydrogen (secondary N) is 1. The van der Waals surface area contributed by atoms with Crippen molar-refractivity contribution in [2.75, 3.05) is 11.1 Å². The Balaban J connectivity index is 2.18. The Morgan fingerprint density at radius 1 is 1.76 bits per heavy atom. The molecule has 17 heavy (non-hydrogen) atoms. The molecule has 0 aliphatic carbocycles. The molecule has 90 valence electrons. The van der Waals surface area contributed by atoms with Gasteiger partial charge in [0.25, 0.3) is 0 Å². The van der Waals surface area contributed by atoms with Crippen LogP contribution in [0.1, 0.15) is 25.3 Å². The molecule has 2 heterocycles. The van der Waals surface area contributed by atoms with Gasteiger partial charge in [0, 0.05) is 7.05 Å². The summed E-state index contributed by atoms with van der Waals surface area (Å²) in [5, 5.41) is 15.7. The third-order valence-electron chi connectivity index (χ3n) is 2.99. The van der Waals surface area contributed by atoms with E-state index >= 15 is 0 Å². The Kier molecular flexibility index (Phi) is 3.11. The molecule has 1 aromatic rings. The summed E-state index contributed by atoms with van der Waals surface area (Å²) in [7, 11) is 1.71. The minimum absolute atomic E-state index is 0.0416. The Hall–Kier alpha value is -1.48. The molecule has 0 aromatic carbocycles. The number of nitrogens with zero attached hydrogens (tertiary/aromatic N) is 3. The zero-order chi connectivity index (χ0) is 12.5. The summed E-state index contributed by atoms with van der Waals surface area (Å²) >= 11 is 1.67. The molecule has 1 N–H and O–H groups in total. The number of aromatic nitrogens is 2. The topological polar surface area (TPSA) is 70.7 Å². The second-order valence-corrected chi connectivity index (χ2v) is 5.88. The molecule has 1 fully saturated rings.